The van der Waals surface area contributed by atoms with Crippen molar-refractivity contribution in [3.05, 3.63) is 65.4 Å². The molecule has 0 spiro atoms. The first-order chi connectivity index (χ1) is 13.8. The Kier molecular flexibility index (Phi) is 4.96. The number of nitrogens with one attached hydrogen (secondary N) is 1. The van der Waals surface area contributed by atoms with Gasteiger partial charge in [-0.3, -0.25) is 4.79 Å². The number of fused-ring (bicyclic) bond motifs is 2. The van der Waals surface area contributed by atoms with E-state index in [0.29, 0.717) is 5.69 Å². The van der Waals surface area contributed by atoms with Gasteiger partial charge in [-0.2, -0.15) is 0 Å². The Morgan fingerprint density at radius 1 is 1.14 bits per heavy atom. The summed E-state index contributed by atoms with van der Waals surface area (Å²) < 4.78 is 27.8. The van der Waals surface area contributed by atoms with Gasteiger partial charge in [-0.1, -0.05) is 24.3 Å². The second-order valence-corrected chi connectivity index (χ2v) is 9.87. The van der Waals surface area contributed by atoms with Crippen molar-refractivity contribution in [2.24, 2.45) is 7.05 Å². The molecule has 3 aromatic rings. The molecule has 0 fully saturated rings. The van der Waals surface area contributed by atoms with Crippen LogP contribution in [0, 0.1) is 0 Å². The number of amides is 1. The van der Waals surface area contributed by atoms with Crippen LogP contribution in [0.3, 0.4) is 0 Å². The molecule has 1 aliphatic rings. The molecule has 29 heavy (non-hydrogen) atoms. The summed E-state index contributed by atoms with van der Waals surface area (Å²) >= 11 is 0. The smallest absolute Gasteiger partial charge is 0.268 e. The normalized spacial score (nSPS) is 16.8. The lowest BCUT2D eigenvalue weighted by atomic mass is 9.87. The van der Waals surface area contributed by atoms with Crippen molar-refractivity contribution in [1.29, 1.82) is 0 Å². The summed E-state index contributed by atoms with van der Waals surface area (Å²) in [5.74, 6) is -0.151. The molecule has 152 valence electrons. The van der Waals surface area contributed by atoms with Gasteiger partial charge in [0.05, 0.1) is 10.9 Å². The molecule has 1 atom stereocenters. The highest BCUT2D eigenvalue weighted by molar-refractivity contribution is 7.89. The van der Waals surface area contributed by atoms with E-state index in [1.54, 1.807) is 24.3 Å². The molecule has 0 saturated heterocycles. The molecule has 1 aromatic heterocycles. The van der Waals surface area contributed by atoms with E-state index in [1.165, 1.54) is 29.5 Å². The van der Waals surface area contributed by atoms with E-state index in [9.17, 15) is 13.2 Å². The lowest BCUT2D eigenvalue weighted by Crippen LogP contribution is -2.32. The van der Waals surface area contributed by atoms with Crippen LogP contribution in [0.5, 0.6) is 0 Å². The van der Waals surface area contributed by atoms with Crippen molar-refractivity contribution in [1.82, 2.24) is 14.2 Å². The van der Waals surface area contributed by atoms with Gasteiger partial charge in [0, 0.05) is 32.0 Å². The van der Waals surface area contributed by atoms with E-state index < -0.39 is 10.0 Å². The van der Waals surface area contributed by atoms with Crippen molar-refractivity contribution in [3.8, 4) is 0 Å². The van der Waals surface area contributed by atoms with Crippen LogP contribution < -0.4 is 5.32 Å². The summed E-state index contributed by atoms with van der Waals surface area (Å²) in [5, 5.41) is 3.90. The molecule has 1 amide bonds. The average molecular weight is 412 g/mol. The fraction of sp³-hybridized carbons (Fsp3) is 0.318. The number of rotatable bonds is 4. The van der Waals surface area contributed by atoms with Gasteiger partial charge >= 0.3 is 0 Å². The Bertz CT molecular complexity index is 1200. The highest BCUT2D eigenvalue weighted by atomic mass is 32.2. The van der Waals surface area contributed by atoms with Gasteiger partial charge < -0.3 is 9.88 Å². The Labute approximate surface area is 171 Å². The van der Waals surface area contributed by atoms with Crippen LogP contribution in [0.2, 0.25) is 0 Å². The molecular weight excluding hydrogens is 386 g/mol. The van der Waals surface area contributed by atoms with E-state index in [1.807, 2.05) is 23.7 Å². The molecule has 6 nitrogen and oxygen atoms in total. The summed E-state index contributed by atoms with van der Waals surface area (Å²) in [7, 11) is 1.31. The standard InChI is InChI=1S/C22H25N3O3S/c1-24(2)29(27,28)17-11-12-20-16(13-17)14-21(25(20)3)22(26)23-19-10-6-8-15-7-4-5-9-18(15)19/h4-5,7,9,11-14,19H,6,8,10H2,1-3H3,(H,23,26). The van der Waals surface area contributed by atoms with E-state index in [0.717, 1.165) is 30.2 Å². The Morgan fingerprint density at radius 2 is 1.90 bits per heavy atom. The van der Waals surface area contributed by atoms with Crippen molar-refractivity contribution in [2.75, 3.05) is 14.1 Å². The number of carbonyl (C=O) groups is 1. The molecule has 1 N–H and O–H groups in total. The summed E-state index contributed by atoms with van der Waals surface area (Å²) in [4.78, 5) is 13.3. The van der Waals surface area contributed by atoms with E-state index in [-0.39, 0.29) is 16.8 Å². The highest BCUT2D eigenvalue weighted by Gasteiger charge is 2.24. The van der Waals surface area contributed by atoms with Crippen molar-refractivity contribution >= 4 is 26.8 Å². The maximum Gasteiger partial charge on any atom is 0.268 e. The molecule has 4 rings (SSSR count). The maximum atomic E-state index is 13.0. The highest BCUT2D eigenvalue weighted by Crippen LogP contribution is 2.30. The fourth-order valence-electron chi connectivity index (χ4n) is 4.05. The number of carbonyl (C=O) groups excluding carboxylic acids is 1. The van der Waals surface area contributed by atoms with Gasteiger partial charge in [0.15, 0.2) is 0 Å². The zero-order valence-electron chi connectivity index (χ0n) is 16.8. The number of aryl methyl sites for hydroxylation is 2. The third-order valence-electron chi connectivity index (χ3n) is 5.70. The van der Waals surface area contributed by atoms with Crippen molar-refractivity contribution in [2.45, 2.75) is 30.2 Å². The molecule has 0 radical (unpaired) electrons. The molecule has 2 aromatic carbocycles. The van der Waals surface area contributed by atoms with E-state index in [2.05, 4.69) is 17.4 Å². The van der Waals surface area contributed by atoms with Gasteiger partial charge in [-0.05, 0) is 54.7 Å². The van der Waals surface area contributed by atoms with Gasteiger partial charge in [-0.15, -0.1) is 0 Å². The molecule has 0 saturated carbocycles. The fourth-order valence-corrected chi connectivity index (χ4v) is 4.99. The molecule has 1 heterocycles. The SMILES string of the molecule is CN(C)S(=O)(=O)c1ccc2c(c1)cc(C(=O)NC1CCCc3ccccc31)n2C. The third-order valence-corrected chi connectivity index (χ3v) is 7.51. The molecule has 0 bridgehead atoms. The van der Waals surface area contributed by atoms with Crippen molar-refractivity contribution < 1.29 is 13.2 Å². The summed E-state index contributed by atoms with van der Waals surface area (Å²) in [6.07, 6.45) is 3.00. The Hall–Kier alpha value is -2.64. The molecule has 0 aliphatic heterocycles. The van der Waals surface area contributed by atoms with Crippen LogP contribution in [0.4, 0.5) is 0 Å². The monoisotopic (exact) mass is 411 g/mol. The predicted molar refractivity (Wildman–Crippen MR) is 113 cm³/mol. The first-order valence-corrected chi connectivity index (χ1v) is 11.1. The van der Waals surface area contributed by atoms with E-state index >= 15 is 0 Å². The molecular formula is C22H25N3O3S. The topological polar surface area (TPSA) is 71.4 Å². The minimum Gasteiger partial charge on any atom is -0.344 e. The minimum atomic E-state index is -3.52. The summed E-state index contributed by atoms with van der Waals surface area (Å²) in [6, 6.07) is 15.0. The molecule has 7 heteroatoms. The molecule has 1 unspecified atom stereocenters. The number of nitrogens with zero attached hydrogens (tertiary/aromatic N) is 2. The zero-order valence-corrected chi connectivity index (χ0v) is 17.7. The van der Waals surface area contributed by atoms with E-state index in [4.69, 9.17) is 0 Å². The number of sulfonamides is 1. The van der Waals surface area contributed by atoms with Gasteiger partial charge in [0.2, 0.25) is 10.0 Å². The average Bonchev–Trinajstić information content (AvgIpc) is 3.04. The van der Waals surface area contributed by atoms with Crippen LogP contribution >= 0.6 is 0 Å². The Balaban J connectivity index is 1.66. The second kappa shape index (κ2) is 7.31. The second-order valence-electron chi connectivity index (χ2n) is 7.71. The largest absolute Gasteiger partial charge is 0.344 e. The predicted octanol–water partition coefficient (Wildman–Crippen LogP) is 3.24. The van der Waals surface area contributed by atoms with Crippen LogP contribution in [-0.4, -0.2) is 37.3 Å². The number of hydrogen-bond donors (Lipinski definition) is 1. The first-order valence-electron chi connectivity index (χ1n) is 9.69. The summed E-state index contributed by atoms with van der Waals surface area (Å²) in [5.41, 5.74) is 3.81. The molecule has 1 aliphatic carbocycles. The lowest BCUT2D eigenvalue weighted by Gasteiger charge is -2.26. The van der Waals surface area contributed by atoms with Gasteiger partial charge in [0.25, 0.3) is 5.91 Å². The maximum absolute atomic E-state index is 13.0. The number of benzene rings is 2. The zero-order chi connectivity index (χ0) is 20.8. The third kappa shape index (κ3) is 3.45. The minimum absolute atomic E-state index is 0.00450. The van der Waals surface area contributed by atoms with Crippen LogP contribution in [0.25, 0.3) is 10.9 Å². The van der Waals surface area contributed by atoms with Crippen LogP contribution in [0.15, 0.2) is 53.4 Å². The quantitative estimate of drug-likeness (QED) is 0.716. The van der Waals surface area contributed by atoms with Gasteiger partial charge in [-0.25, -0.2) is 12.7 Å². The number of aromatic nitrogens is 1. The lowest BCUT2D eigenvalue weighted by molar-refractivity contribution is 0.0925. The Morgan fingerprint density at radius 3 is 2.66 bits per heavy atom. The van der Waals surface area contributed by atoms with Crippen LogP contribution in [0.1, 0.15) is 40.5 Å². The van der Waals surface area contributed by atoms with Crippen molar-refractivity contribution in [3.63, 3.8) is 0 Å². The summed E-state index contributed by atoms with van der Waals surface area (Å²) in [6.45, 7) is 0. The first kappa shape index (κ1) is 19.7. The van der Waals surface area contributed by atoms with Crippen LogP contribution in [-0.2, 0) is 23.5 Å². The van der Waals surface area contributed by atoms with Gasteiger partial charge in [0.1, 0.15) is 5.69 Å². The number of hydrogen-bond acceptors (Lipinski definition) is 3.